The van der Waals surface area contributed by atoms with Gasteiger partial charge in [-0.05, 0) is 39.0 Å². The second-order valence-corrected chi connectivity index (χ2v) is 10.1. The van der Waals surface area contributed by atoms with Crippen molar-refractivity contribution in [3.05, 3.63) is 72.9 Å². The Hall–Kier alpha value is -2.41. The molecule has 0 saturated carbocycles. The SMILES string of the molecule is CO[C@H]1C=CC=CCCC[C@@H](C)OC(=O)C=CC=CC[C@H](O[C@@H]2O[C@H](CO)[C@@H](O)[C@H](O)[C@H]2O)C=CC=CC[C@H](O)C1. The van der Waals surface area contributed by atoms with E-state index in [0.717, 1.165) is 19.3 Å². The first-order chi connectivity index (χ1) is 19.7. The smallest absolute Gasteiger partial charge is 0.331 e. The van der Waals surface area contributed by atoms with Gasteiger partial charge in [-0.3, -0.25) is 0 Å². The molecule has 2 heterocycles. The van der Waals surface area contributed by atoms with Crippen LogP contribution in [-0.4, -0.2) is 100 Å². The number of hydrogen-bond donors (Lipinski definition) is 5. The van der Waals surface area contributed by atoms with E-state index in [-0.39, 0.29) is 12.2 Å². The van der Waals surface area contributed by atoms with Gasteiger partial charge in [0.05, 0.1) is 31.0 Å². The van der Waals surface area contributed by atoms with Crippen LogP contribution < -0.4 is 0 Å². The van der Waals surface area contributed by atoms with Gasteiger partial charge < -0.3 is 44.5 Å². The zero-order valence-electron chi connectivity index (χ0n) is 23.9. The molecule has 5 N–H and O–H groups in total. The van der Waals surface area contributed by atoms with Crippen LogP contribution in [0.3, 0.4) is 0 Å². The second-order valence-electron chi connectivity index (χ2n) is 10.1. The lowest BCUT2D eigenvalue weighted by molar-refractivity contribution is -0.307. The molecule has 9 atom stereocenters. The summed E-state index contributed by atoms with van der Waals surface area (Å²) in [6, 6.07) is 0. The Morgan fingerprint density at radius 2 is 1.56 bits per heavy atom. The third kappa shape index (κ3) is 13.4. The van der Waals surface area contributed by atoms with Crippen molar-refractivity contribution in [3.8, 4) is 0 Å². The van der Waals surface area contributed by atoms with E-state index in [0.29, 0.717) is 19.3 Å². The number of esters is 1. The largest absolute Gasteiger partial charge is 0.460 e. The summed E-state index contributed by atoms with van der Waals surface area (Å²) in [6.07, 6.45) is 16.0. The Bertz CT molecular complexity index is 922. The number of carbonyl (C=O) groups excluding carboxylic acids is 1. The third-order valence-electron chi connectivity index (χ3n) is 6.67. The van der Waals surface area contributed by atoms with Gasteiger partial charge in [0.2, 0.25) is 0 Å². The summed E-state index contributed by atoms with van der Waals surface area (Å²) in [5.74, 6) is -0.443. The van der Waals surface area contributed by atoms with Crippen molar-refractivity contribution >= 4 is 5.97 Å². The van der Waals surface area contributed by atoms with Crippen molar-refractivity contribution in [3.63, 3.8) is 0 Å². The zero-order chi connectivity index (χ0) is 30.0. The maximum absolute atomic E-state index is 12.1. The fourth-order valence-corrected chi connectivity index (χ4v) is 4.26. The molecule has 10 nitrogen and oxygen atoms in total. The molecule has 2 aliphatic rings. The number of allylic oxidation sites excluding steroid dienone is 7. The van der Waals surface area contributed by atoms with Crippen LogP contribution in [0.15, 0.2) is 72.9 Å². The van der Waals surface area contributed by atoms with Gasteiger partial charge in [-0.2, -0.15) is 0 Å². The molecule has 0 aromatic rings. The van der Waals surface area contributed by atoms with E-state index in [2.05, 4.69) is 0 Å². The number of ether oxygens (including phenoxy) is 4. The van der Waals surface area contributed by atoms with Crippen LogP contribution in [0, 0.1) is 0 Å². The summed E-state index contributed by atoms with van der Waals surface area (Å²) in [5, 5.41) is 50.4. The summed E-state index contributed by atoms with van der Waals surface area (Å²) in [4.78, 5) is 12.1. The minimum atomic E-state index is -1.56. The maximum Gasteiger partial charge on any atom is 0.331 e. The van der Waals surface area contributed by atoms with E-state index in [1.54, 1.807) is 43.6 Å². The molecule has 230 valence electrons. The molecule has 0 amide bonds. The molecule has 1 fully saturated rings. The van der Waals surface area contributed by atoms with E-state index >= 15 is 0 Å². The Morgan fingerprint density at radius 3 is 2.29 bits per heavy atom. The number of aliphatic hydroxyl groups excluding tert-OH is 5. The van der Waals surface area contributed by atoms with Gasteiger partial charge in [0.1, 0.15) is 24.4 Å². The summed E-state index contributed by atoms with van der Waals surface area (Å²) in [7, 11) is 1.60. The lowest BCUT2D eigenvalue weighted by atomic mass is 9.99. The normalized spacial score (nSPS) is 35.2. The van der Waals surface area contributed by atoms with E-state index in [4.69, 9.17) is 18.9 Å². The third-order valence-corrected chi connectivity index (χ3v) is 6.67. The molecule has 0 bridgehead atoms. The number of carbonyl (C=O) groups is 1. The van der Waals surface area contributed by atoms with Gasteiger partial charge in [-0.1, -0.05) is 66.8 Å². The molecular formula is C31H46O10. The van der Waals surface area contributed by atoms with Crippen molar-refractivity contribution < 1.29 is 49.3 Å². The highest BCUT2D eigenvalue weighted by Gasteiger charge is 2.44. The molecule has 2 rings (SSSR count). The first-order valence-electron chi connectivity index (χ1n) is 14.1. The van der Waals surface area contributed by atoms with Crippen LogP contribution in [0.5, 0.6) is 0 Å². The van der Waals surface area contributed by atoms with Crippen molar-refractivity contribution in [2.75, 3.05) is 13.7 Å². The molecule has 0 radical (unpaired) electrons. The molecule has 0 aromatic carbocycles. The summed E-state index contributed by atoms with van der Waals surface area (Å²) < 4.78 is 22.2. The first-order valence-corrected chi connectivity index (χ1v) is 14.1. The van der Waals surface area contributed by atoms with E-state index in [9.17, 15) is 30.3 Å². The monoisotopic (exact) mass is 578 g/mol. The van der Waals surface area contributed by atoms with Gasteiger partial charge in [0.15, 0.2) is 6.29 Å². The van der Waals surface area contributed by atoms with Crippen LogP contribution in [0.2, 0.25) is 0 Å². The van der Waals surface area contributed by atoms with Crippen molar-refractivity contribution in [1.82, 2.24) is 0 Å². The predicted octanol–water partition coefficient (Wildman–Crippen LogP) is 2.17. The van der Waals surface area contributed by atoms with Gasteiger partial charge in [-0.15, -0.1) is 0 Å². The summed E-state index contributed by atoms with van der Waals surface area (Å²) in [5.41, 5.74) is 0. The van der Waals surface area contributed by atoms with E-state index in [1.165, 1.54) is 6.08 Å². The van der Waals surface area contributed by atoms with Crippen LogP contribution in [0.1, 0.15) is 45.4 Å². The van der Waals surface area contributed by atoms with Crippen molar-refractivity contribution in [2.24, 2.45) is 0 Å². The number of aliphatic hydroxyl groups is 5. The molecule has 10 heteroatoms. The highest BCUT2D eigenvalue weighted by Crippen LogP contribution is 2.24. The molecular weight excluding hydrogens is 532 g/mol. The lowest BCUT2D eigenvalue weighted by Crippen LogP contribution is -2.59. The van der Waals surface area contributed by atoms with Crippen molar-refractivity contribution in [1.29, 1.82) is 0 Å². The quantitative estimate of drug-likeness (QED) is 0.314. The fraction of sp³-hybridized carbons (Fsp3) is 0.581. The van der Waals surface area contributed by atoms with Crippen LogP contribution in [0.4, 0.5) is 0 Å². The van der Waals surface area contributed by atoms with Crippen LogP contribution in [-0.2, 0) is 23.7 Å². The first kappa shape index (κ1) is 34.8. The van der Waals surface area contributed by atoms with Gasteiger partial charge in [0, 0.05) is 19.6 Å². The van der Waals surface area contributed by atoms with Gasteiger partial charge in [-0.25, -0.2) is 4.79 Å². The standard InChI is InChI=1S/C31H46O10/c1-22-14-8-4-3-5-10-18-25(38-2)20-23(33)15-9-6-11-16-24(17-12-7-13-19-27(34)39-22)40-31-30(37)29(36)28(35)26(21-32)41-31/h3,5-7,9-13,16,18-19,22-26,28-33,35-37H,4,8,14-15,17,20-21H2,1-2H3/t22-,23+,24-,25+,26-,28-,29+,30-,31-/m1/s1. The number of cyclic esters (lactones) is 1. The molecule has 0 spiro atoms. The highest BCUT2D eigenvalue weighted by atomic mass is 16.7. The number of rotatable bonds is 4. The highest BCUT2D eigenvalue weighted by molar-refractivity contribution is 5.82. The van der Waals surface area contributed by atoms with Crippen molar-refractivity contribution in [2.45, 2.75) is 101 Å². The zero-order valence-corrected chi connectivity index (χ0v) is 23.9. The average molecular weight is 579 g/mol. The topological polar surface area (TPSA) is 155 Å². The number of hydrogen-bond acceptors (Lipinski definition) is 10. The van der Waals surface area contributed by atoms with Crippen LogP contribution in [0.25, 0.3) is 0 Å². The average Bonchev–Trinajstić information content (AvgIpc) is 2.94. The minimum Gasteiger partial charge on any atom is -0.460 e. The number of methoxy groups -OCH3 is 1. The Morgan fingerprint density at radius 1 is 0.878 bits per heavy atom. The van der Waals surface area contributed by atoms with Gasteiger partial charge in [0.25, 0.3) is 0 Å². The molecule has 2 aliphatic heterocycles. The Kier molecular flexibility index (Phi) is 16.7. The molecule has 1 saturated heterocycles. The predicted molar refractivity (Wildman–Crippen MR) is 154 cm³/mol. The Labute approximate surface area is 242 Å². The molecule has 0 aromatic heterocycles. The second kappa shape index (κ2) is 19.7. The van der Waals surface area contributed by atoms with E-state index < -0.39 is 55.5 Å². The maximum atomic E-state index is 12.1. The lowest BCUT2D eigenvalue weighted by Gasteiger charge is -2.40. The van der Waals surface area contributed by atoms with E-state index in [1.807, 2.05) is 37.3 Å². The summed E-state index contributed by atoms with van der Waals surface area (Å²) >= 11 is 0. The van der Waals surface area contributed by atoms with Crippen LogP contribution >= 0.6 is 0 Å². The summed E-state index contributed by atoms with van der Waals surface area (Å²) in [6.45, 7) is 1.29. The molecule has 41 heavy (non-hydrogen) atoms. The minimum absolute atomic E-state index is 0.223. The van der Waals surface area contributed by atoms with Gasteiger partial charge >= 0.3 is 5.97 Å². The molecule has 0 aliphatic carbocycles. The fourth-order valence-electron chi connectivity index (χ4n) is 4.26. The Balaban J connectivity index is 2.14. The molecule has 0 unspecified atom stereocenters.